The summed E-state index contributed by atoms with van der Waals surface area (Å²) in [5, 5.41) is 0. The normalized spacial score (nSPS) is 17.2. The zero-order valence-corrected chi connectivity index (χ0v) is 17.4. The Bertz CT molecular complexity index is 997. The second-order valence-electron chi connectivity index (χ2n) is 7.36. The largest absolute Gasteiger partial charge is 0.446 e. The van der Waals surface area contributed by atoms with E-state index in [9.17, 15) is 27.6 Å². The number of benzene rings is 1. The molecule has 1 atom stereocenters. The number of primary amides is 1. The Morgan fingerprint density at radius 2 is 1.71 bits per heavy atom. The second-order valence-corrected chi connectivity index (χ2v) is 8.50. The number of imide groups is 1. The molecule has 0 aliphatic carbocycles. The first-order valence-electron chi connectivity index (χ1n) is 9.13. The first-order chi connectivity index (χ1) is 14.4. The van der Waals surface area contributed by atoms with E-state index in [-0.39, 0.29) is 28.8 Å². The van der Waals surface area contributed by atoms with Crippen molar-refractivity contribution >= 4 is 35.3 Å². The van der Waals surface area contributed by atoms with Crippen LogP contribution in [-0.4, -0.2) is 38.8 Å². The highest BCUT2D eigenvalue weighted by atomic mass is 32.2. The summed E-state index contributed by atoms with van der Waals surface area (Å²) in [5.41, 5.74) is 0.309. The average Bonchev–Trinajstić information content (AvgIpc) is 2.85. The molecule has 0 spiro atoms. The predicted molar refractivity (Wildman–Crippen MR) is 108 cm³/mol. The third-order valence-corrected chi connectivity index (χ3v) is 5.59. The summed E-state index contributed by atoms with van der Waals surface area (Å²) in [5.74, 6) is -1.23. The molecular weight excluding hydrogens is 433 g/mol. The van der Waals surface area contributed by atoms with Gasteiger partial charge in [0.25, 0.3) is 5.91 Å². The smallest absolute Gasteiger partial charge is 0.370 e. The summed E-state index contributed by atoms with van der Waals surface area (Å²) in [4.78, 5) is 44.2. The lowest BCUT2D eigenvalue weighted by Crippen LogP contribution is -2.47. The van der Waals surface area contributed by atoms with Gasteiger partial charge in [-0.25, -0.2) is 9.69 Å². The van der Waals surface area contributed by atoms with E-state index < -0.39 is 34.9 Å². The number of urea groups is 1. The van der Waals surface area contributed by atoms with Crippen LogP contribution in [-0.2, 0) is 9.59 Å². The van der Waals surface area contributed by atoms with Gasteiger partial charge in [-0.3, -0.25) is 14.6 Å². The molecule has 1 aromatic carbocycles. The maximum absolute atomic E-state index is 13.3. The van der Waals surface area contributed by atoms with E-state index in [1.54, 1.807) is 12.1 Å². The molecule has 1 aliphatic heterocycles. The number of rotatable bonds is 6. The topological polar surface area (TPSA) is 96.6 Å². The minimum atomic E-state index is -4.45. The van der Waals surface area contributed by atoms with Crippen LogP contribution in [0.15, 0.2) is 53.7 Å². The number of amides is 4. The molecule has 1 saturated heterocycles. The number of hydrogen-bond acceptors (Lipinski definition) is 5. The van der Waals surface area contributed by atoms with Crippen LogP contribution >= 0.6 is 11.8 Å². The van der Waals surface area contributed by atoms with Crippen molar-refractivity contribution in [3.8, 4) is 0 Å². The Hall–Kier alpha value is -3.08. The van der Waals surface area contributed by atoms with Crippen molar-refractivity contribution in [2.24, 2.45) is 5.73 Å². The number of thioether (sulfide) groups is 1. The van der Waals surface area contributed by atoms with E-state index >= 15 is 0 Å². The fraction of sp³-hybridized carbons (Fsp3) is 0.300. The van der Waals surface area contributed by atoms with Gasteiger partial charge in [-0.1, -0.05) is 0 Å². The molecule has 0 bridgehead atoms. The molecule has 31 heavy (non-hydrogen) atoms. The Morgan fingerprint density at radius 3 is 2.23 bits per heavy atom. The fourth-order valence-electron chi connectivity index (χ4n) is 3.49. The van der Waals surface area contributed by atoms with Gasteiger partial charge in [0.05, 0.1) is 18.2 Å². The van der Waals surface area contributed by atoms with E-state index in [4.69, 9.17) is 5.73 Å². The minimum Gasteiger partial charge on any atom is -0.370 e. The average molecular weight is 452 g/mol. The SMILES string of the molecule is CC1(C)C(=O)N(c2ccc(SC(F)(F)F)cc2)C(=O)N1C(CC(N)=O)c1ccncc1. The van der Waals surface area contributed by atoms with Gasteiger partial charge in [0.2, 0.25) is 5.91 Å². The van der Waals surface area contributed by atoms with Gasteiger partial charge >= 0.3 is 11.5 Å². The molecule has 0 saturated carbocycles. The molecule has 3 rings (SSSR count). The number of carbonyl (C=O) groups is 3. The van der Waals surface area contributed by atoms with Gasteiger partial charge in [0.15, 0.2) is 0 Å². The van der Waals surface area contributed by atoms with E-state index in [2.05, 4.69) is 4.98 Å². The summed E-state index contributed by atoms with van der Waals surface area (Å²) >= 11 is -0.293. The predicted octanol–water partition coefficient (Wildman–Crippen LogP) is 3.86. The Kier molecular flexibility index (Phi) is 5.99. The molecule has 2 N–H and O–H groups in total. The number of aromatic nitrogens is 1. The van der Waals surface area contributed by atoms with Gasteiger partial charge in [-0.05, 0) is 67.6 Å². The monoisotopic (exact) mass is 452 g/mol. The first-order valence-corrected chi connectivity index (χ1v) is 9.95. The second kappa shape index (κ2) is 8.22. The van der Waals surface area contributed by atoms with Crippen molar-refractivity contribution in [3.05, 3.63) is 54.4 Å². The van der Waals surface area contributed by atoms with Crippen LogP contribution in [0.4, 0.5) is 23.7 Å². The highest BCUT2D eigenvalue weighted by Crippen LogP contribution is 2.41. The lowest BCUT2D eigenvalue weighted by Gasteiger charge is -2.35. The Morgan fingerprint density at radius 1 is 1.13 bits per heavy atom. The number of anilines is 1. The molecule has 4 amide bonds. The molecule has 2 aromatic rings. The van der Waals surface area contributed by atoms with Crippen molar-refractivity contribution in [1.82, 2.24) is 9.88 Å². The molecule has 1 aromatic heterocycles. The van der Waals surface area contributed by atoms with Crippen LogP contribution < -0.4 is 10.6 Å². The summed E-state index contributed by atoms with van der Waals surface area (Å²) in [6.45, 7) is 3.08. The molecule has 1 fully saturated rings. The fourth-order valence-corrected chi connectivity index (χ4v) is 4.03. The van der Waals surface area contributed by atoms with Crippen LogP contribution in [0.3, 0.4) is 0 Å². The number of alkyl halides is 3. The molecule has 2 heterocycles. The summed E-state index contributed by atoms with van der Waals surface area (Å²) in [6.07, 6.45) is 2.77. The third-order valence-electron chi connectivity index (χ3n) is 4.85. The first kappa shape index (κ1) is 22.6. The van der Waals surface area contributed by atoms with E-state index in [0.717, 1.165) is 4.90 Å². The zero-order valence-electron chi connectivity index (χ0n) is 16.6. The highest BCUT2D eigenvalue weighted by molar-refractivity contribution is 8.00. The van der Waals surface area contributed by atoms with Crippen LogP contribution in [0.1, 0.15) is 31.9 Å². The van der Waals surface area contributed by atoms with Crippen molar-refractivity contribution in [2.45, 2.75) is 42.3 Å². The molecule has 11 heteroatoms. The van der Waals surface area contributed by atoms with Gasteiger partial charge in [-0.15, -0.1) is 0 Å². The van der Waals surface area contributed by atoms with E-state index in [1.165, 1.54) is 55.4 Å². The summed E-state index contributed by atoms with van der Waals surface area (Å²) < 4.78 is 37.7. The minimum absolute atomic E-state index is 0.0742. The number of nitrogens with zero attached hydrogens (tertiary/aromatic N) is 3. The Labute approximate surface area is 180 Å². The molecule has 1 unspecified atom stereocenters. The van der Waals surface area contributed by atoms with Gasteiger partial charge in [0, 0.05) is 17.3 Å². The van der Waals surface area contributed by atoms with Gasteiger partial charge < -0.3 is 10.6 Å². The maximum atomic E-state index is 13.3. The van der Waals surface area contributed by atoms with E-state index in [0.29, 0.717) is 5.56 Å². The quantitative estimate of drug-likeness (QED) is 0.530. The van der Waals surface area contributed by atoms with Gasteiger partial charge in [0.1, 0.15) is 5.54 Å². The number of pyridine rings is 1. The molecule has 164 valence electrons. The molecule has 1 aliphatic rings. The summed E-state index contributed by atoms with van der Waals surface area (Å²) in [7, 11) is 0. The number of halogens is 3. The van der Waals surface area contributed by atoms with Crippen molar-refractivity contribution < 1.29 is 27.6 Å². The molecule has 0 radical (unpaired) electrons. The van der Waals surface area contributed by atoms with Crippen molar-refractivity contribution in [2.75, 3.05) is 4.90 Å². The number of hydrogen-bond donors (Lipinski definition) is 1. The third kappa shape index (κ3) is 4.66. The van der Waals surface area contributed by atoms with Crippen LogP contribution in [0.2, 0.25) is 0 Å². The lowest BCUT2D eigenvalue weighted by molar-refractivity contribution is -0.125. The lowest BCUT2D eigenvalue weighted by atomic mass is 9.96. The summed E-state index contributed by atoms with van der Waals surface area (Å²) in [6, 6.07) is 6.64. The standard InChI is InChI=1S/C20H19F3N4O3S/c1-19(2)17(29)26(13-3-5-14(6-4-13)31-20(21,22)23)18(30)27(19)15(11-16(24)28)12-7-9-25-10-8-12/h3-10,15H,11H2,1-2H3,(H2,24,28). The zero-order chi connectivity index (χ0) is 23.0. The van der Waals surface area contributed by atoms with E-state index in [1.807, 2.05) is 0 Å². The highest BCUT2D eigenvalue weighted by Gasteiger charge is 2.54. The van der Waals surface area contributed by atoms with Crippen LogP contribution in [0, 0.1) is 0 Å². The van der Waals surface area contributed by atoms with Gasteiger partial charge in [-0.2, -0.15) is 13.2 Å². The maximum Gasteiger partial charge on any atom is 0.446 e. The van der Waals surface area contributed by atoms with Crippen molar-refractivity contribution in [3.63, 3.8) is 0 Å². The Balaban J connectivity index is 1.98. The number of carbonyl (C=O) groups excluding carboxylic acids is 3. The van der Waals surface area contributed by atoms with Crippen LogP contribution in [0.25, 0.3) is 0 Å². The van der Waals surface area contributed by atoms with Crippen molar-refractivity contribution in [1.29, 1.82) is 0 Å². The molecular formula is C20H19F3N4O3S. The molecule has 7 nitrogen and oxygen atoms in total. The number of nitrogens with two attached hydrogens (primary N) is 1. The van der Waals surface area contributed by atoms with Crippen LogP contribution in [0.5, 0.6) is 0 Å².